The van der Waals surface area contributed by atoms with E-state index in [1.165, 1.54) is 4.52 Å². The summed E-state index contributed by atoms with van der Waals surface area (Å²) >= 11 is 0.965. The lowest BCUT2D eigenvalue weighted by atomic mass is 10.1. The average molecular weight is 282 g/mol. The molecule has 0 saturated carbocycles. The molecule has 20 heavy (non-hydrogen) atoms. The normalized spacial score (nSPS) is 15.4. The third-order valence-electron chi connectivity index (χ3n) is 2.49. The lowest BCUT2D eigenvalue weighted by molar-refractivity contribution is 0.540. The third-order valence-corrected chi connectivity index (χ3v) is 3.29. The van der Waals surface area contributed by atoms with E-state index in [0.29, 0.717) is 0 Å². The first-order valence-electron chi connectivity index (χ1n) is 5.63. The van der Waals surface area contributed by atoms with Crippen LogP contribution in [0.1, 0.15) is 12.5 Å². The molecule has 1 heterocycles. The monoisotopic (exact) mass is 282 g/mol. The van der Waals surface area contributed by atoms with E-state index in [9.17, 15) is 0 Å². The second kappa shape index (κ2) is 5.91. The smallest absolute Gasteiger partial charge is 0.166 e. The molecule has 0 unspecified atom stereocenters. The number of nitrogens with zero attached hydrogens (tertiary/aromatic N) is 5. The maximum Gasteiger partial charge on any atom is 0.166 e. The molecule has 0 aliphatic carbocycles. The minimum absolute atomic E-state index is 0.00703. The van der Waals surface area contributed by atoms with Crippen LogP contribution in [0.5, 0.6) is 0 Å². The molecule has 1 aromatic carbocycles. The van der Waals surface area contributed by atoms with Gasteiger partial charge in [-0.2, -0.15) is 10.5 Å². The number of hydrazone groups is 2. The Bertz CT molecular complexity index is 690. The number of allylic oxidation sites excluding steroid dienone is 1. The summed E-state index contributed by atoms with van der Waals surface area (Å²) in [4.78, 5) is 0.185. The number of hydrogen-bond acceptors (Lipinski definition) is 7. The molecule has 0 bridgehead atoms. The van der Waals surface area contributed by atoms with Gasteiger partial charge in [0.05, 0.1) is 5.71 Å². The van der Waals surface area contributed by atoms with Gasteiger partial charge in [-0.25, -0.2) is 0 Å². The second-order valence-electron chi connectivity index (χ2n) is 3.81. The Labute approximate surface area is 120 Å². The van der Waals surface area contributed by atoms with Crippen LogP contribution in [-0.2, 0) is 0 Å². The fourth-order valence-electron chi connectivity index (χ4n) is 1.50. The van der Waals surface area contributed by atoms with Gasteiger partial charge in [-0.3, -0.25) is 0 Å². The summed E-state index contributed by atoms with van der Waals surface area (Å²) in [5, 5.41) is 26.2. The Hall–Kier alpha value is -2.77. The van der Waals surface area contributed by atoms with E-state index in [1.807, 2.05) is 49.4 Å². The summed E-state index contributed by atoms with van der Waals surface area (Å²) in [7, 11) is 0. The van der Waals surface area contributed by atoms with E-state index in [2.05, 4.69) is 10.2 Å². The Morgan fingerprint density at radius 1 is 1.30 bits per heavy atom. The fraction of sp³-hybridized carbons (Fsp3) is 0.0769. The van der Waals surface area contributed by atoms with E-state index in [-0.39, 0.29) is 16.3 Å². The van der Waals surface area contributed by atoms with Crippen LogP contribution in [-0.4, -0.2) is 16.1 Å². The fourth-order valence-corrected chi connectivity index (χ4v) is 2.24. The first-order chi connectivity index (χ1) is 9.65. The molecule has 0 aromatic heterocycles. The predicted octanol–water partition coefficient (Wildman–Crippen LogP) is 1.95. The van der Waals surface area contributed by atoms with Crippen LogP contribution >= 0.6 is 11.9 Å². The van der Waals surface area contributed by atoms with Gasteiger partial charge in [-0.15, -0.1) is 14.7 Å². The summed E-state index contributed by atoms with van der Waals surface area (Å²) in [6.07, 6.45) is 0. The van der Waals surface area contributed by atoms with Gasteiger partial charge < -0.3 is 5.73 Å². The minimum atomic E-state index is -0.00703. The highest BCUT2D eigenvalue weighted by atomic mass is 32.2. The van der Waals surface area contributed by atoms with Crippen molar-refractivity contribution in [3.05, 3.63) is 46.4 Å². The molecule has 0 atom stereocenters. The first-order valence-corrected chi connectivity index (χ1v) is 6.40. The van der Waals surface area contributed by atoms with Crippen LogP contribution < -0.4 is 5.73 Å². The molecule has 0 amide bonds. The molecule has 0 radical (unpaired) electrons. The van der Waals surface area contributed by atoms with Crippen molar-refractivity contribution in [1.29, 1.82) is 10.5 Å². The summed E-state index contributed by atoms with van der Waals surface area (Å²) in [5.41, 5.74) is 7.41. The number of hydrogen-bond donors (Lipinski definition) is 1. The molecular weight excluding hydrogens is 272 g/mol. The van der Waals surface area contributed by atoms with Crippen LogP contribution in [0.3, 0.4) is 0 Å². The van der Waals surface area contributed by atoms with Crippen molar-refractivity contribution < 1.29 is 0 Å². The second-order valence-corrected chi connectivity index (χ2v) is 4.73. The standard InChI is InChI=1S/C13H10N6S/c1-9(10-5-3-2-4-6-10)17-19-18-13(16)11(7-14)12(8-15)20-19/h2-6H,1H3,(H2,16,18)/b17-9+. The Morgan fingerprint density at radius 3 is 2.60 bits per heavy atom. The van der Waals surface area contributed by atoms with Gasteiger partial charge >= 0.3 is 0 Å². The van der Waals surface area contributed by atoms with E-state index in [0.717, 1.165) is 23.2 Å². The molecule has 1 aromatic rings. The minimum Gasteiger partial charge on any atom is -0.381 e. The molecule has 2 rings (SSSR count). The van der Waals surface area contributed by atoms with Crippen molar-refractivity contribution >= 4 is 23.5 Å². The van der Waals surface area contributed by atoms with Crippen molar-refractivity contribution in [1.82, 2.24) is 4.52 Å². The van der Waals surface area contributed by atoms with Gasteiger partial charge in [0.2, 0.25) is 0 Å². The molecule has 7 heteroatoms. The SMILES string of the molecule is C/C(=N\N1N=C(N)C(C#N)=C(C#N)S1)c1ccccc1. The van der Waals surface area contributed by atoms with Gasteiger partial charge in [-0.05, 0) is 12.5 Å². The highest BCUT2D eigenvalue weighted by molar-refractivity contribution is 8.01. The van der Waals surface area contributed by atoms with Crippen molar-refractivity contribution in [3.8, 4) is 12.1 Å². The van der Waals surface area contributed by atoms with Gasteiger partial charge in [0.15, 0.2) is 5.84 Å². The van der Waals surface area contributed by atoms with E-state index in [4.69, 9.17) is 16.3 Å². The molecule has 0 saturated heterocycles. The summed E-state index contributed by atoms with van der Waals surface area (Å²) < 4.78 is 1.25. The summed E-state index contributed by atoms with van der Waals surface area (Å²) in [6, 6.07) is 13.4. The average Bonchev–Trinajstić information content (AvgIpc) is 2.47. The van der Waals surface area contributed by atoms with E-state index in [1.54, 1.807) is 0 Å². The Kier molecular flexibility index (Phi) is 4.04. The molecule has 1 aliphatic heterocycles. The maximum atomic E-state index is 9.01. The van der Waals surface area contributed by atoms with Gasteiger partial charge in [0, 0.05) is 11.9 Å². The van der Waals surface area contributed by atoms with Crippen LogP contribution in [0.15, 0.2) is 51.0 Å². The quantitative estimate of drug-likeness (QED) is 0.659. The Balaban J connectivity index is 2.29. The Morgan fingerprint density at radius 2 is 2.00 bits per heavy atom. The molecule has 1 aliphatic rings. The number of amidine groups is 1. The van der Waals surface area contributed by atoms with Crippen molar-refractivity contribution in [2.75, 3.05) is 0 Å². The zero-order valence-corrected chi connectivity index (χ0v) is 11.4. The predicted molar refractivity (Wildman–Crippen MR) is 78.0 cm³/mol. The lowest BCUT2D eigenvalue weighted by Crippen LogP contribution is -2.23. The van der Waals surface area contributed by atoms with Crippen molar-refractivity contribution in [2.24, 2.45) is 15.9 Å². The van der Waals surface area contributed by atoms with Gasteiger partial charge in [0.1, 0.15) is 22.6 Å². The largest absolute Gasteiger partial charge is 0.381 e. The topological polar surface area (TPSA) is 102 Å². The van der Waals surface area contributed by atoms with E-state index < -0.39 is 0 Å². The van der Waals surface area contributed by atoms with Crippen LogP contribution in [0.25, 0.3) is 0 Å². The van der Waals surface area contributed by atoms with Gasteiger partial charge in [-0.1, -0.05) is 30.3 Å². The molecule has 0 spiro atoms. The summed E-state index contributed by atoms with van der Waals surface area (Å²) in [5.74, 6) is -0.00703. The number of nitriles is 2. The third kappa shape index (κ3) is 2.79. The zero-order valence-electron chi connectivity index (χ0n) is 10.6. The van der Waals surface area contributed by atoms with Crippen LogP contribution in [0.4, 0.5) is 0 Å². The van der Waals surface area contributed by atoms with Crippen molar-refractivity contribution in [2.45, 2.75) is 6.92 Å². The highest BCUT2D eigenvalue weighted by Gasteiger charge is 2.21. The van der Waals surface area contributed by atoms with Crippen LogP contribution in [0.2, 0.25) is 0 Å². The molecule has 0 fully saturated rings. The molecule has 98 valence electrons. The van der Waals surface area contributed by atoms with Gasteiger partial charge in [0.25, 0.3) is 0 Å². The summed E-state index contributed by atoms with van der Waals surface area (Å²) in [6.45, 7) is 1.83. The van der Waals surface area contributed by atoms with Crippen LogP contribution in [0, 0.1) is 22.7 Å². The van der Waals surface area contributed by atoms with E-state index >= 15 is 0 Å². The lowest BCUT2D eigenvalue weighted by Gasteiger charge is -2.17. The molecule has 6 nitrogen and oxygen atoms in total. The van der Waals surface area contributed by atoms with Crippen molar-refractivity contribution in [3.63, 3.8) is 0 Å². The first kappa shape index (κ1) is 13.7. The molecular formula is C13H10N6S. The number of rotatable bonds is 2. The number of benzene rings is 1. The highest BCUT2D eigenvalue weighted by Crippen LogP contribution is 2.29. The maximum absolute atomic E-state index is 9.01. The zero-order chi connectivity index (χ0) is 14.5. The number of nitrogens with two attached hydrogens (primary N) is 1. The molecule has 2 N–H and O–H groups in total.